The molecule has 0 aliphatic carbocycles. The molecule has 3 aromatic rings. The number of rotatable bonds is 7. The van der Waals surface area contributed by atoms with Crippen LogP contribution in [0.1, 0.15) is 29.3 Å². The van der Waals surface area contributed by atoms with E-state index in [9.17, 15) is 9.59 Å². The van der Waals surface area contributed by atoms with Gasteiger partial charge in [0.2, 0.25) is 11.8 Å². The van der Waals surface area contributed by atoms with Gasteiger partial charge in [0.15, 0.2) is 0 Å². The minimum absolute atomic E-state index is 0.0349. The van der Waals surface area contributed by atoms with E-state index in [0.717, 1.165) is 16.9 Å². The molecule has 1 saturated heterocycles. The fraction of sp³-hybridized carbons (Fsp3) is 0.250. The van der Waals surface area contributed by atoms with Gasteiger partial charge in [-0.05, 0) is 35.4 Å². The summed E-state index contributed by atoms with van der Waals surface area (Å²) in [6, 6.07) is 20.8. The molecule has 154 valence electrons. The number of amides is 2. The number of furan rings is 1. The van der Waals surface area contributed by atoms with E-state index < -0.39 is 5.92 Å². The number of likely N-dealkylation sites (tertiary alicyclic amines) is 1. The maximum atomic E-state index is 13.1. The number of nitrogens with one attached hydrogen (secondary N) is 1. The lowest BCUT2D eigenvalue weighted by molar-refractivity contribution is -0.129. The third kappa shape index (κ3) is 4.38. The van der Waals surface area contributed by atoms with E-state index in [1.165, 1.54) is 0 Å². The van der Waals surface area contributed by atoms with Crippen molar-refractivity contribution in [1.29, 1.82) is 0 Å². The number of hydrogen-bond acceptors (Lipinski definition) is 4. The van der Waals surface area contributed by atoms with E-state index in [1.807, 2.05) is 60.7 Å². The summed E-state index contributed by atoms with van der Waals surface area (Å²) >= 11 is 0. The molecule has 2 heterocycles. The topological polar surface area (TPSA) is 71.8 Å². The van der Waals surface area contributed by atoms with Gasteiger partial charge in [-0.1, -0.05) is 42.5 Å². The lowest BCUT2D eigenvalue weighted by atomic mass is 9.97. The van der Waals surface area contributed by atoms with Gasteiger partial charge in [-0.3, -0.25) is 9.59 Å². The van der Waals surface area contributed by atoms with E-state index in [2.05, 4.69) is 5.32 Å². The number of nitrogens with zero attached hydrogens (tertiary/aromatic N) is 1. The zero-order valence-electron chi connectivity index (χ0n) is 16.8. The van der Waals surface area contributed by atoms with Crippen molar-refractivity contribution >= 4 is 11.8 Å². The number of hydrogen-bond donors (Lipinski definition) is 1. The highest BCUT2D eigenvalue weighted by molar-refractivity contribution is 5.89. The molecule has 1 aliphatic heterocycles. The van der Waals surface area contributed by atoms with Crippen molar-refractivity contribution in [2.45, 2.75) is 19.0 Å². The van der Waals surface area contributed by atoms with Crippen molar-refractivity contribution < 1.29 is 18.7 Å². The first-order valence-electron chi connectivity index (χ1n) is 9.93. The van der Waals surface area contributed by atoms with Crippen LogP contribution in [0.4, 0.5) is 0 Å². The molecular formula is C24H24N2O4. The molecule has 6 heteroatoms. The van der Waals surface area contributed by atoms with E-state index >= 15 is 0 Å². The molecule has 0 saturated carbocycles. The smallest absolute Gasteiger partial charge is 0.226 e. The standard InChI is InChI=1S/C24H24N2O4/c1-29-20-11-9-18(10-12-20)23(17-6-3-2-4-7-17)25-24(28)19-14-22(27)26(15-19)16-21-8-5-13-30-21/h2-13,19,23H,14-16H2,1H3,(H,25,28). The SMILES string of the molecule is COc1ccc(C(NC(=O)C2CC(=O)N(Cc3ccco3)C2)c2ccccc2)cc1. The van der Waals surface area contributed by atoms with Crippen LogP contribution in [0.5, 0.6) is 5.75 Å². The minimum atomic E-state index is -0.392. The fourth-order valence-electron chi connectivity index (χ4n) is 3.75. The summed E-state index contributed by atoms with van der Waals surface area (Å²) in [6.07, 6.45) is 1.79. The zero-order chi connectivity index (χ0) is 20.9. The normalized spacial score (nSPS) is 17.0. The summed E-state index contributed by atoms with van der Waals surface area (Å²) < 4.78 is 10.6. The maximum Gasteiger partial charge on any atom is 0.226 e. The minimum Gasteiger partial charge on any atom is -0.497 e. The molecule has 2 aromatic carbocycles. The van der Waals surface area contributed by atoms with E-state index in [4.69, 9.17) is 9.15 Å². The Kier molecular flexibility index (Phi) is 5.84. The lowest BCUT2D eigenvalue weighted by Crippen LogP contribution is -2.36. The predicted octanol–water partition coefficient (Wildman–Crippen LogP) is 3.54. The molecule has 30 heavy (non-hydrogen) atoms. The van der Waals surface area contributed by atoms with Gasteiger partial charge in [0.1, 0.15) is 11.5 Å². The van der Waals surface area contributed by atoms with Crippen molar-refractivity contribution in [3.05, 3.63) is 89.9 Å². The summed E-state index contributed by atoms with van der Waals surface area (Å²) in [5, 5.41) is 3.15. The second-order valence-corrected chi connectivity index (χ2v) is 7.38. The Morgan fingerprint density at radius 3 is 2.50 bits per heavy atom. The Labute approximate surface area is 175 Å². The van der Waals surface area contributed by atoms with Crippen LogP contribution < -0.4 is 10.1 Å². The monoisotopic (exact) mass is 404 g/mol. The van der Waals surface area contributed by atoms with Crippen molar-refractivity contribution in [2.24, 2.45) is 5.92 Å². The first-order valence-corrected chi connectivity index (χ1v) is 9.93. The van der Waals surface area contributed by atoms with Gasteiger partial charge in [0, 0.05) is 13.0 Å². The number of carbonyl (C=O) groups is 2. The van der Waals surface area contributed by atoms with Gasteiger partial charge < -0.3 is 19.4 Å². The van der Waals surface area contributed by atoms with E-state index in [1.54, 1.807) is 24.3 Å². The van der Waals surface area contributed by atoms with Crippen LogP contribution in [0.3, 0.4) is 0 Å². The molecule has 2 atom stereocenters. The summed E-state index contributed by atoms with van der Waals surface area (Å²) in [6.45, 7) is 0.770. The van der Waals surface area contributed by atoms with E-state index in [0.29, 0.717) is 18.8 Å². The average Bonchev–Trinajstić information content (AvgIpc) is 3.43. The van der Waals surface area contributed by atoms with Gasteiger partial charge in [0.05, 0.1) is 31.9 Å². The molecule has 0 radical (unpaired) electrons. The van der Waals surface area contributed by atoms with Gasteiger partial charge in [-0.2, -0.15) is 0 Å². The molecule has 6 nitrogen and oxygen atoms in total. The molecule has 0 spiro atoms. The predicted molar refractivity (Wildman–Crippen MR) is 112 cm³/mol. The maximum absolute atomic E-state index is 13.1. The highest BCUT2D eigenvalue weighted by atomic mass is 16.5. The fourth-order valence-corrected chi connectivity index (χ4v) is 3.75. The van der Waals surface area contributed by atoms with Gasteiger partial charge in [0.25, 0.3) is 0 Å². The largest absolute Gasteiger partial charge is 0.497 e. The summed E-state index contributed by atoms with van der Waals surface area (Å²) in [4.78, 5) is 27.2. The number of methoxy groups -OCH3 is 1. The average molecular weight is 404 g/mol. The lowest BCUT2D eigenvalue weighted by Gasteiger charge is -2.22. The zero-order valence-corrected chi connectivity index (χ0v) is 16.8. The Bertz CT molecular complexity index is 984. The van der Waals surface area contributed by atoms with Gasteiger partial charge in [-0.15, -0.1) is 0 Å². The Morgan fingerprint density at radius 1 is 1.10 bits per heavy atom. The summed E-state index contributed by atoms with van der Waals surface area (Å²) in [5.74, 6) is 0.913. The molecule has 1 N–H and O–H groups in total. The Hall–Kier alpha value is -3.54. The van der Waals surface area contributed by atoms with Crippen LogP contribution in [-0.2, 0) is 16.1 Å². The number of carbonyl (C=O) groups excluding carboxylic acids is 2. The quantitative estimate of drug-likeness (QED) is 0.654. The number of ether oxygens (including phenoxy) is 1. The molecule has 1 aromatic heterocycles. The summed E-state index contributed by atoms with van der Waals surface area (Å²) in [5.41, 5.74) is 1.93. The van der Waals surface area contributed by atoms with Crippen molar-refractivity contribution in [3.8, 4) is 5.75 Å². The highest BCUT2D eigenvalue weighted by Crippen LogP contribution is 2.26. The van der Waals surface area contributed by atoms with Crippen LogP contribution in [0.25, 0.3) is 0 Å². The highest BCUT2D eigenvalue weighted by Gasteiger charge is 2.35. The first-order chi connectivity index (χ1) is 14.6. The van der Waals surface area contributed by atoms with Crippen LogP contribution in [0.15, 0.2) is 77.4 Å². The number of benzene rings is 2. The molecule has 1 fully saturated rings. The van der Waals surface area contributed by atoms with Gasteiger partial charge in [-0.25, -0.2) is 0 Å². The molecule has 1 aliphatic rings. The third-order valence-electron chi connectivity index (χ3n) is 5.38. The molecular weight excluding hydrogens is 380 g/mol. The molecule has 2 unspecified atom stereocenters. The van der Waals surface area contributed by atoms with Crippen molar-refractivity contribution in [1.82, 2.24) is 10.2 Å². The van der Waals surface area contributed by atoms with Crippen molar-refractivity contribution in [3.63, 3.8) is 0 Å². The van der Waals surface area contributed by atoms with Crippen molar-refractivity contribution in [2.75, 3.05) is 13.7 Å². The summed E-state index contributed by atoms with van der Waals surface area (Å²) in [7, 11) is 1.62. The van der Waals surface area contributed by atoms with Gasteiger partial charge >= 0.3 is 0 Å². The second kappa shape index (κ2) is 8.86. The first kappa shape index (κ1) is 19.8. The van der Waals surface area contributed by atoms with Crippen LogP contribution in [0.2, 0.25) is 0 Å². The molecule has 2 amide bonds. The third-order valence-corrected chi connectivity index (χ3v) is 5.38. The Morgan fingerprint density at radius 2 is 1.83 bits per heavy atom. The van der Waals surface area contributed by atoms with Crippen LogP contribution >= 0.6 is 0 Å². The second-order valence-electron chi connectivity index (χ2n) is 7.38. The van der Waals surface area contributed by atoms with Crippen LogP contribution in [-0.4, -0.2) is 30.4 Å². The molecule has 0 bridgehead atoms. The van der Waals surface area contributed by atoms with Crippen LogP contribution in [0, 0.1) is 5.92 Å². The van der Waals surface area contributed by atoms with E-state index in [-0.39, 0.29) is 24.3 Å². The molecule has 4 rings (SSSR count). The Balaban J connectivity index is 1.49.